The molecule has 0 aliphatic rings. The largest absolute Gasteiger partial charge is 0.508 e. The molecule has 0 unspecified atom stereocenters. The van der Waals surface area contributed by atoms with Crippen LogP contribution in [0.5, 0.6) is 11.5 Å². The molecule has 21 heavy (non-hydrogen) atoms. The molecular weight excluding hydrogens is 272 g/mol. The van der Waals surface area contributed by atoms with Gasteiger partial charge in [-0.05, 0) is 36.4 Å². The zero-order valence-corrected chi connectivity index (χ0v) is 10.7. The molecule has 0 saturated heterocycles. The number of nitrogens with zero attached hydrogens (tertiary/aromatic N) is 2. The minimum atomic E-state index is -0.641. The average molecular weight is 282 g/mol. The molecule has 104 valence electrons. The molecule has 0 fully saturated rings. The predicted molar refractivity (Wildman–Crippen MR) is 77.2 cm³/mol. The standard InChI is InChI=1S/C15H10N2O4/c18-11-3-5-13-9(7-11)1-4-12(16-13)10-2-6-15(19)14(8-10)17(20)21/h1-8,18-19H. The van der Waals surface area contributed by atoms with Crippen molar-refractivity contribution in [3.63, 3.8) is 0 Å². The Morgan fingerprint density at radius 2 is 1.81 bits per heavy atom. The molecule has 0 radical (unpaired) electrons. The maximum absolute atomic E-state index is 10.9. The maximum Gasteiger partial charge on any atom is 0.311 e. The van der Waals surface area contributed by atoms with Crippen LogP contribution >= 0.6 is 0 Å². The lowest BCUT2D eigenvalue weighted by atomic mass is 10.1. The first kappa shape index (κ1) is 12.9. The lowest BCUT2D eigenvalue weighted by Crippen LogP contribution is -1.91. The third kappa shape index (κ3) is 2.34. The number of rotatable bonds is 2. The summed E-state index contributed by atoms with van der Waals surface area (Å²) >= 11 is 0. The fraction of sp³-hybridized carbons (Fsp3) is 0. The van der Waals surface area contributed by atoms with E-state index < -0.39 is 4.92 Å². The Bertz CT molecular complexity index is 861. The molecule has 3 rings (SSSR count). The smallest absolute Gasteiger partial charge is 0.311 e. The third-order valence-corrected chi connectivity index (χ3v) is 3.14. The SMILES string of the molecule is O=[N+]([O-])c1cc(-c2ccc3cc(O)ccc3n2)ccc1O. The number of hydrogen-bond acceptors (Lipinski definition) is 5. The zero-order valence-electron chi connectivity index (χ0n) is 10.7. The Hall–Kier alpha value is -3.15. The maximum atomic E-state index is 10.9. The van der Waals surface area contributed by atoms with E-state index in [-0.39, 0.29) is 17.2 Å². The molecule has 0 atom stereocenters. The molecule has 3 aromatic rings. The van der Waals surface area contributed by atoms with Crippen LogP contribution in [0.1, 0.15) is 0 Å². The van der Waals surface area contributed by atoms with Crippen LogP contribution in [0, 0.1) is 10.1 Å². The van der Waals surface area contributed by atoms with Crippen molar-refractivity contribution in [2.24, 2.45) is 0 Å². The van der Waals surface area contributed by atoms with Gasteiger partial charge in [-0.2, -0.15) is 0 Å². The molecule has 0 aliphatic carbocycles. The highest BCUT2D eigenvalue weighted by Gasteiger charge is 2.15. The van der Waals surface area contributed by atoms with E-state index in [1.807, 2.05) is 0 Å². The highest BCUT2D eigenvalue weighted by atomic mass is 16.6. The van der Waals surface area contributed by atoms with Gasteiger partial charge in [0.25, 0.3) is 0 Å². The van der Waals surface area contributed by atoms with Gasteiger partial charge in [-0.3, -0.25) is 10.1 Å². The van der Waals surface area contributed by atoms with E-state index in [4.69, 9.17) is 0 Å². The molecule has 0 amide bonds. The van der Waals surface area contributed by atoms with Crippen LogP contribution in [-0.4, -0.2) is 20.1 Å². The third-order valence-electron chi connectivity index (χ3n) is 3.14. The van der Waals surface area contributed by atoms with Crippen molar-refractivity contribution in [1.29, 1.82) is 0 Å². The molecule has 1 aromatic heterocycles. The van der Waals surface area contributed by atoms with Gasteiger partial charge in [0.15, 0.2) is 5.75 Å². The quantitative estimate of drug-likeness (QED) is 0.555. The molecule has 1 heterocycles. The van der Waals surface area contributed by atoms with Crippen LogP contribution in [0.3, 0.4) is 0 Å². The minimum Gasteiger partial charge on any atom is -0.508 e. The Balaban J connectivity index is 2.14. The number of pyridine rings is 1. The van der Waals surface area contributed by atoms with E-state index in [2.05, 4.69) is 4.98 Å². The van der Waals surface area contributed by atoms with Gasteiger partial charge in [0.1, 0.15) is 5.75 Å². The number of phenols is 2. The number of aromatic hydroxyl groups is 2. The highest BCUT2D eigenvalue weighted by molar-refractivity contribution is 5.83. The molecule has 6 nitrogen and oxygen atoms in total. The normalized spacial score (nSPS) is 10.7. The van der Waals surface area contributed by atoms with Crippen LogP contribution in [0.25, 0.3) is 22.2 Å². The highest BCUT2D eigenvalue weighted by Crippen LogP contribution is 2.31. The molecule has 0 aliphatic heterocycles. The summed E-state index contributed by atoms with van der Waals surface area (Å²) in [5, 5.41) is 30.5. The summed E-state index contributed by atoms with van der Waals surface area (Å²) in [6.45, 7) is 0. The summed E-state index contributed by atoms with van der Waals surface area (Å²) in [5.74, 6) is -0.230. The molecule has 0 saturated carbocycles. The number of aromatic nitrogens is 1. The van der Waals surface area contributed by atoms with Crippen LogP contribution in [0.4, 0.5) is 5.69 Å². The van der Waals surface area contributed by atoms with E-state index in [1.165, 1.54) is 18.2 Å². The molecule has 6 heteroatoms. The van der Waals surface area contributed by atoms with Crippen molar-refractivity contribution in [1.82, 2.24) is 4.98 Å². The number of nitro benzene ring substituents is 1. The van der Waals surface area contributed by atoms with Crippen molar-refractivity contribution in [2.45, 2.75) is 0 Å². The summed E-state index contributed by atoms with van der Waals surface area (Å²) in [6, 6.07) is 12.4. The van der Waals surface area contributed by atoms with Gasteiger partial charge in [0.2, 0.25) is 0 Å². The summed E-state index contributed by atoms with van der Waals surface area (Å²) < 4.78 is 0. The van der Waals surface area contributed by atoms with Crippen molar-refractivity contribution in [3.05, 3.63) is 58.6 Å². The summed E-state index contributed by atoms with van der Waals surface area (Å²) in [4.78, 5) is 14.6. The Morgan fingerprint density at radius 3 is 2.57 bits per heavy atom. The number of hydrogen-bond donors (Lipinski definition) is 2. The van der Waals surface area contributed by atoms with E-state index in [0.29, 0.717) is 16.8 Å². The van der Waals surface area contributed by atoms with Gasteiger partial charge >= 0.3 is 5.69 Å². The zero-order chi connectivity index (χ0) is 15.0. The number of benzene rings is 2. The predicted octanol–water partition coefficient (Wildman–Crippen LogP) is 3.22. The van der Waals surface area contributed by atoms with Gasteiger partial charge in [-0.1, -0.05) is 6.07 Å². The second kappa shape index (κ2) is 4.75. The summed E-state index contributed by atoms with van der Waals surface area (Å²) in [5.41, 5.74) is 1.40. The van der Waals surface area contributed by atoms with Gasteiger partial charge in [0, 0.05) is 17.0 Å². The Morgan fingerprint density at radius 1 is 1.00 bits per heavy atom. The van der Waals surface area contributed by atoms with Gasteiger partial charge in [0.05, 0.1) is 16.1 Å². The molecule has 2 N–H and O–H groups in total. The molecule has 2 aromatic carbocycles. The van der Waals surface area contributed by atoms with Gasteiger partial charge < -0.3 is 10.2 Å². The fourth-order valence-corrected chi connectivity index (χ4v) is 2.10. The van der Waals surface area contributed by atoms with Crippen molar-refractivity contribution < 1.29 is 15.1 Å². The van der Waals surface area contributed by atoms with E-state index in [1.54, 1.807) is 30.3 Å². The van der Waals surface area contributed by atoms with E-state index >= 15 is 0 Å². The van der Waals surface area contributed by atoms with Gasteiger partial charge in [-0.15, -0.1) is 0 Å². The number of fused-ring (bicyclic) bond motifs is 1. The Labute approximate surface area is 119 Å². The Kier molecular flexibility index (Phi) is 2.91. The lowest BCUT2D eigenvalue weighted by Gasteiger charge is -2.04. The number of phenolic OH excluding ortho intramolecular Hbond substituents is 2. The molecule has 0 bridgehead atoms. The molecule has 0 spiro atoms. The first-order chi connectivity index (χ1) is 10.0. The number of nitro groups is 1. The van der Waals surface area contributed by atoms with Crippen molar-refractivity contribution in [3.8, 4) is 22.8 Å². The van der Waals surface area contributed by atoms with Gasteiger partial charge in [-0.25, -0.2) is 4.98 Å². The second-order valence-corrected chi connectivity index (χ2v) is 4.53. The topological polar surface area (TPSA) is 96.5 Å². The van der Waals surface area contributed by atoms with E-state index in [0.717, 1.165) is 5.39 Å². The fourth-order valence-electron chi connectivity index (χ4n) is 2.10. The first-order valence-corrected chi connectivity index (χ1v) is 6.12. The van der Waals surface area contributed by atoms with Crippen molar-refractivity contribution in [2.75, 3.05) is 0 Å². The van der Waals surface area contributed by atoms with Crippen LogP contribution in [0.2, 0.25) is 0 Å². The summed E-state index contributed by atoms with van der Waals surface area (Å²) in [7, 11) is 0. The lowest BCUT2D eigenvalue weighted by molar-refractivity contribution is -0.385. The summed E-state index contributed by atoms with van der Waals surface area (Å²) in [6.07, 6.45) is 0. The van der Waals surface area contributed by atoms with Crippen LogP contribution in [0.15, 0.2) is 48.5 Å². The van der Waals surface area contributed by atoms with Crippen LogP contribution < -0.4 is 0 Å². The molecular formula is C15H10N2O4. The average Bonchev–Trinajstić information content (AvgIpc) is 2.47. The monoisotopic (exact) mass is 282 g/mol. The van der Waals surface area contributed by atoms with Crippen molar-refractivity contribution >= 4 is 16.6 Å². The van der Waals surface area contributed by atoms with Crippen LogP contribution in [-0.2, 0) is 0 Å². The first-order valence-electron chi connectivity index (χ1n) is 6.12. The second-order valence-electron chi connectivity index (χ2n) is 4.53. The minimum absolute atomic E-state index is 0.150. The van der Waals surface area contributed by atoms with E-state index in [9.17, 15) is 20.3 Å².